The van der Waals surface area contributed by atoms with Crippen molar-refractivity contribution in [1.82, 2.24) is 14.3 Å². The van der Waals surface area contributed by atoms with E-state index in [1.165, 1.54) is 30.3 Å². The summed E-state index contributed by atoms with van der Waals surface area (Å²) in [5.41, 5.74) is 1.22. The third-order valence-corrected chi connectivity index (χ3v) is 4.83. The van der Waals surface area contributed by atoms with E-state index in [-0.39, 0.29) is 29.3 Å². The van der Waals surface area contributed by atoms with Gasteiger partial charge in [0.05, 0.1) is 13.4 Å². The zero-order chi connectivity index (χ0) is 17.0. The Balaban J connectivity index is 2.13. The van der Waals surface area contributed by atoms with Gasteiger partial charge in [0.25, 0.3) is 5.56 Å². The van der Waals surface area contributed by atoms with Crippen molar-refractivity contribution in [2.75, 3.05) is 13.7 Å². The number of sulfonamides is 1. The van der Waals surface area contributed by atoms with Crippen LogP contribution in [0.25, 0.3) is 0 Å². The molecule has 0 spiro atoms. The van der Waals surface area contributed by atoms with Crippen molar-refractivity contribution < 1.29 is 13.2 Å². The first kappa shape index (κ1) is 17.2. The molecule has 2 aromatic rings. The predicted molar refractivity (Wildman–Crippen MR) is 86.2 cm³/mol. The van der Waals surface area contributed by atoms with Crippen LogP contribution in [0.15, 0.2) is 40.4 Å². The first-order chi connectivity index (χ1) is 10.8. The van der Waals surface area contributed by atoms with Gasteiger partial charge in [-0.15, -0.1) is 0 Å². The molecule has 2 rings (SSSR count). The molecule has 23 heavy (non-hydrogen) atoms. The number of nitrogens with zero attached hydrogens (tertiary/aromatic N) is 2. The largest absolute Gasteiger partial charge is 0.495 e. The molecule has 7 nitrogen and oxygen atoms in total. The molecule has 1 aromatic heterocycles. The molecule has 1 N–H and O–H groups in total. The number of hydrogen-bond donors (Lipinski definition) is 1. The quantitative estimate of drug-likeness (QED) is 0.844. The van der Waals surface area contributed by atoms with Crippen LogP contribution in [0, 0.1) is 13.8 Å². The average molecular weight is 337 g/mol. The van der Waals surface area contributed by atoms with Crippen molar-refractivity contribution >= 4 is 10.0 Å². The van der Waals surface area contributed by atoms with Gasteiger partial charge < -0.3 is 4.74 Å². The number of aromatic nitrogens is 2. The molecule has 0 fully saturated rings. The van der Waals surface area contributed by atoms with E-state index < -0.39 is 10.0 Å². The lowest BCUT2D eigenvalue weighted by Gasteiger charge is -2.12. The molecule has 0 amide bonds. The fourth-order valence-corrected chi connectivity index (χ4v) is 3.26. The van der Waals surface area contributed by atoms with E-state index in [2.05, 4.69) is 9.71 Å². The van der Waals surface area contributed by atoms with Gasteiger partial charge in [-0.3, -0.25) is 9.36 Å². The number of rotatable bonds is 6. The van der Waals surface area contributed by atoms with Crippen LogP contribution in [-0.4, -0.2) is 31.6 Å². The molecule has 8 heteroatoms. The Labute approximate surface area is 135 Å². The van der Waals surface area contributed by atoms with Gasteiger partial charge in [0.2, 0.25) is 10.0 Å². The fraction of sp³-hybridized carbons (Fsp3) is 0.333. The Morgan fingerprint density at radius 1 is 1.30 bits per heavy atom. The van der Waals surface area contributed by atoms with Crippen LogP contribution < -0.4 is 15.0 Å². The molecule has 1 heterocycles. The second kappa shape index (κ2) is 6.93. The summed E-state index contributed by atoms with van der Waals surface area (Å²) >= 11 is 0. The van der Waals surface area contributed by atoms with Gasteiger partial charge in [0.15, 0.2) is 0 Å². The standard InChI is InChI=1S/C15H19N3O4S/c1-11-4-5-14(13(8-11)22-3)23(20,21)17-6-7-18-10-16-9-12(2)15(18)19/h4-5,8-10,17H,6-7H2,1-3H3. The molecule has 0 aliphatic rings. The minimum atomic E-state index is -3.72. The molecule has 0 aliphatic heterocycles. The maximum Gasteiger partial charge on any atom is 0.256 e. The molecule has 124 valence electrons. The molecule has 0 bridgehead atoms. The first-order valence-electron chi connectivity index (χ1n) is 7.00. The van der Waals surface area contributed by atoms with Crippen molar-refractivity contribution in [3.8, 4) is 5.75 Å². The van der Waals surface area contributed by atoms with Crippen LogP contribution in [-0.2, 0) is 16.6 Å². The topological polar surface area (TPSA) is 90.3 Å². The Morgan fingerprint density at radius 2 is 2.04 bits per heavy atom. The summed E-state index contributed by atoms with van der Waals surface area (Å²) in [6.45, 7) is 3.78. The number of nitrogens with one attached hydrogen (secondary N) is 1. The third kappa shape index (κ3) is 3.96. The minimum absolute atomic E-state index is 0.0697. The van der Waals surface area contributed by atoms with Gasteiger partial charge in [-0.05, 0) is 31.5 Å². The summed E-state index contributed by atoms with van der Waals surface area (Å²) in [6.07, 6.45) is 2.86. The molecule has 0 atom stereocenters. The van der Waals surface area contributed by atoms with Crippen LogP contribution >= 0.6 is 0 Å². The maximum atomic E-state index is 12.4. The number of methoxy groups -OCH3 is 1. The van der Waals surface area contributed by atoms with E-state index >= 15 is 0 Å². The highest BCUT2D eigenvalue weighted by atomic mass is 32.2. The zero-order valence-electron chi connectivity index (χ0n) is 13.2. The zero-order valence-corrected chi connectivity index (χ0v) is 14.1. The summed E-state index contributed by atoms with van der Waals surface area (Å²) in [7, 11) is -2.30. The van der Waals surface area contributed by atoms with Gasteiger partial charge in [0, 0.05) is 24.8 Å². The van der Waals surface area contributed by atoms with Gasteiger partial charge in [-0.25, -0.2) is 18.1 Å². The second-order valence-electron chi connectivity index (χ2n) is 5.13. The molecule has 0 aliphatic carbocycles. The van der Waals surface area contributed by atoms with Crippen molar-refractivity contribution in [2.45, 2.75) is 25.3 Å². The molecule has 0 saturated heterocycles. The highest BCUT2D eigenvalue weighted by molar-refractivity contribution is 7.89. The lowest BCUT2D eigenvalue weighted by atomic mass is 10.2. The van der Waals surface area contributed by atoms with Crippen LogP contribution in [0.3, 0.4) is 0 Å². The molecule has 0 saturated carbocycles. The normalized spacial score (nSPS) is 11.4. The molecular weight excluding hydrogens is 318 g/mol. The summed E-state index contributed by atoms with van der Waals surface area (Å²) in [6, 6.07) is 4.85. The highest BCUT2D eigenvalue weighted by Gasteiger charge is 2.19. The van der Waals surface area contributed by atoms with E-state index in [1.807, 2.05) is 6.92 Å². The summed E-state index contributed by atoms with van der Waals surface area (Å²) in [5.74, 6) is 0.284. The van der Waals surface area contributed by atoms with E-state index in [4.69, 9.17) is 4.74 Å². The Hall–Kier alpha value is -2.19. The smallest absolute Gasteiger partial charge is 0.256 e. The van der Waals surface area contributed by atoms with E-state index in [0.717, 1.165) is 5.56 Å². The van der Waals surface area contributed by atoms with Crippen LogP contribution in [0.4, 0.5) is 0 Å². The van der Waals surface area contributed by atoms with Gasteiger partial charge in [-0.1, -0.05) is 6.07 Å². The third-order valence-electron chi connectivity index (χ3n) is 3.33. The van der Waals surface area contributed by atoms with Crippen LogP contribution in [0.5, 0.6) is 5.75 Å². The Morgan fingerprint density at radius 3 is 2.74 bits per heavy atom. The van der Waals surface area contributed by atoms with Gasteiger partial charge >= 0.3 is 0 Å². The molecular formula is C15H19N3O4S. The predicted octanol–water partition coefficient (Wildman–Crippen LogP) is 0.847. The summed E-state index contributed by atoms with van der Waals surface area (Å²) in [5, 5.41) is 0. The number of ether oxygens (including phenoxy) is 1. The van der Waals surface area contributed by atoms with E-state index in [1.54, 1.807) is 19.1 Å². The van der Waals surface area contributed by atoms with Crippen LogP contribution in [0.1, 0.15) is 11.1 Å². The van der Waals surface area contributed by atoms with Gasteiger partial charge in [-0.2, -0.15) is 0 Å². The van der Waals surface area contributed by atoms with Gasteiger partial charge in [0.1, 0.15) is 10.6 Å². The fourth-order valence-electron chi connectivity index (χ4n) is 2.09. The van der Waals surface area contributed by atoms with Crippen molar-refractivity contribution in [2.24, 2.45) is 0 Å². The highest BCUT2D eigenvalue weighted by Crippen LogP contribution is 2.24. The number of aryl methyl sites for hydroxylation is 2. The van der Waals surface area contributed by atoms with Crippen molar-refractivity contribution in [1.29, 1.82) is 0 Å². The maximum absolute atomic E-state index is 12.4. The SMILES string of the molecule is COc1cc(C)ccc1S(=O)(=O)NCCn1cncc(C)c1=O. The Kier molecular flexibility index (Phi) is 5.17. The van der Waals surface area contributed by atoms with Crippen molar-refractivity contribution in [3.63, 3.8) is 0 Å². The molecule has 0 unspecified atom stereocenters. The van der Waals surface area contributed by atoms with Crippen molar-refractivity contribution in [3.05, 3.63) is 52.2 Å². The number of hydrogen-bond acceptors (Lipinski definition) is 5. The van der Waals surface area contributed by atoms with Crippen LogP contribution in [0.2, 0.25) is 0 Å². The lowest BCUT2D eigenvalue weighted by molar-refractivity contribution is 0.402. The first-order valence-corrected chi connectivity index (χ1v) is 8.49. The van der Waals surface area contributed by atoms with E-state index in [0.29, 0.717) is 5.56 Å². The second-order valence-corrected chi connectivity index (χ2v) is 6.86. The summed E-state index contributed by atoms with van der Waals surface area (Å²) in [4.78, 5) is 15.8. The molecule has 0 radical (unpaired) electrons. The number of benzene rings is 1. The minimum Gasteiger partial charge on any atom is -0.495 e. The average Bonchev–Trinajstić information content (AvgIpc) is 2.51. The Bertz CT molecular complexity index is 859. The summed E-state index contributed by atoms with van der Waals surface area (Å²) < 4.78 is 33.7. The lowest BCUT2D eigenvalue weighted by Crippen LogP contribution is -2.31. The molecule has 1 aromatic carbocycles. The van der Waals surface area contributed by atoms with E-state index in [9.17, 15) is 13.2 Å². The monoisotopic (exact) mass is 337 g/mol.